The van der Waals surface area contributed by atoms with Crippen LogP contribution in [0.15, 0.2) is 48.5 Å². The average Bonchev–Trinajstić information content (AvgIpc) is 2.86. The fourth-order valence-corrected chi connectivity index (χ4v) is 5.61. The van der Waals surface area contributed by atoms with E-state index in [9.17, 15) is 14.0 Å². The Bertz CT molecular complexity index is 986. The molecule has 0 bridgehead atoms. The number of halogens is 1. The van der Waals surface area contributed by atoms with E-state index in [-0.39, 0.29) is 23.7 Å². The van der Waals surface area contributed by atoms with Crippen molar-refractivity contribution < 1.29 is 14.0 Å². The van der Waals surface area contributed by atoms with Gasteiger partial charge in [0.25, 0.3) is 0 Å². The molecular weight excluding hydrogens is 441 g/mol. The number of ketones is 1. The van der Waals surface area contributed by atoms with E-state index >= 15 is 0 Å². The van der Waals surface area contributed by atoms with Gasteiger partial charge in [0.1, 0.15) is 5.82 Å². The van der Waals surface area contributed by atoms with Crippen molar-refractivity contribution in [1.29, 1.82) is 0 Å². The van der Waals surface area contributed by atoms with Gasteiger partial charge in [-0.25, -0.2) is 9.18 Å². The molecule has 1 aliphatic carbocycles. The standard InChI is InChI=1S/C29H38FN3O2/c1-21(34)25-6-4-7-27(20-25)31-29(35)32-28-8-3-2-5-24(28)15-18-33-16-13-23(14-17-33)19-22-9-11-26(30)12-10-22/h4,6-7,9-12,20,23-24,28H,2-3,5,8,13-19H2,1H3,(H2,31,32,35). The second-order valence-electron chi connectivity index (χ2n) is 10.3. The number of rotatable bonds is 8. The number of hydrogen-bond acceptors (Lipinski definition) is 3. The van der Waals surface area contributed by atoms with Crippen LogP contribution in [-0.4, -0.2) is 42.4 Å². The van der Waals surface area contributed by atoms with E-state index in [1.807, 2.05) is 18.2 Å². The molecule has 0 spiro atoms. The molecule has 6 heteroatoms. The van der Waals surface area contributed by atoms with Crippen LogP contribution >= 0.6 is 0 Å². The fourth-order valence-electron chi connectivity index (χ4n) is 5.61. The predicted octanol–water partition coefficient (Wildman–Crippen LogP) is 6.05. The fraction of sp³-hybridized carbons (Fsp3) is 0.517. The Hall–Kier alpha value is -2.73. The van der Waals surface area contributed by atoms with Gasteiger partial charge in [-0.15, -0.1) is 0 Å². The highest BCUT2D eigenvalue weighted by molar-refractivity contribution is 5.96. The highest BCUT2D eigenvalue weighted by Gasteiger charge is 2.28. The van der Waals surface area contributed by atoms with E-state index in [1.54, 1.807) is 30.3 Å². The molecule has 2 unspecified atom stereocenters. The van der Waals surface area contributed by atoms with Gasteiger partial charge in [-0.3, -0.25) is 4.79 Å². The summed E-state index contributed by atoms with van der Waals surface area (Å²) < 4.78 is 13.1. The Labute approximate surface area is 208 Å². The molecule has 0 aromatic heterocycles. The number of anilines is 1. The first kappa shape index (κ1) is 25.4. The van der Waals surface area contributed by atoms with Crippen LogP contribution in [-0.2, 0) is 6.42 Å². The molecule has 1 heterocycles. The van der Waals surface area contributed by atoms with E-state index < -0.39 is 0 Å². The number of likely N-dealkylation sites (tertiary alicyclic amines) is 1. The summed E-state index contributed by atoms with van der Waals surface area (Å²) in [5.41, 5.74) is 2.47. The van der Waals surface area contributed by atoms with Gasteiger partial charge in [0.15, 0.2) is 5.78 Å². The second kappa shape index (κ2) is 12.3. The topological polar surface area (TPSA) is 61.4 Å². The number of hydrogen-bond donors (Lipinski definition) is 2. The molecule has 2 aromatic carbocycles. The highest BCUT2D eigenvalue weighted by Crippen LogP contribution is 2.29. The molecule has 4 rings (SSSR count). The van der Waals surface area contributed by atoms with Crippen molar-refractivity contribution in [2.24, 2.45) is 11.8 Å². The summed E-state index contributed by atoms with van der Waals surface area (Å²) in [6, 6.07) is 14.0. The quantitative estimate of drug-likeness (QED) is 0.453. The molecule has 2 N–H and O–H groups in total. The Morgan fingerprint density at radius 3 is 2.49 bits per heavy atom. The molecular formula is C29H38FN3O2. The number of urea groups is 1. The van der Waals surface area contributed by atoms with Crippen LogP contribution in [0.3, 0.4) is 0 Å². The lowest BCUT2D eigenvalue weighted by Gasteiger charge is -2.36. The van der Waals surface area contributed by atoms with E-state index in [4.69, 9.17) is 0 Å². The van der Waals surface area contributed by atoms with Crippen LogP contribution in [0.5, 0.6) is 0 Å². The third-order valence-electron chi connectivity index (χ3n) is 7.71. The van der Waals surface area contributed by atoms with E-state index in [0.717, 1.165) is 51.7 Å². The smallest absolute Gasteiger partial charge is 0.319 e. The maximum atomic E-state index is 13.1. The zero-order valence-corrected chi connectivity index (χ0v) is 20.8. The van der Waals surface area contributed by atoms with Crippen LogP contribution in [0, 0.1) is 17.7 Å². The first-order valence-electron chi connectivity index (χ1n) is 13.1. The normalized spacial score (nSPS) is 21.4. The molecule has 5 nitrogen and oxygen atoms in total. The maximum absolute atomic E-state index is 13.1. The number of nitrogens with zero attached hydrogens (tertiary/aromatic N) is 1. The number of amides is 2. The van der Waals surface area contributed by atoms with Crippen molar-refractivity contribution >= 4 is 17.5 Å². The van der Waals surface area contributed by atoms with Gasteiger partial charge in [-0.2, -0.15) is 0 Å². The van der Waals surface area contributed by atoms with Crippen LogP contribution in [0.4, 0.5) is 14.9 Å². The molecule has 0 radical (unpaired) electrons. The molecule has 2 fully saturated rings. The zero-order valence-electron chi connectivity index (χ0n) is 20.8. The number of carbonyl (C=O) groups excluding carboxylic acids is 2. The minimum absolute atomic E-state index is 0.0131. The lowest BCUT2D eigenvalue weighted by molar-refractivity contribution is 0.101. The third-order valence-corrected chi connectivity index (χ3v) is 7.71. The molecule has 35 heavy (non-hydrogen) atoms. The van der Waals surface area contributed by atoms with E-state index in [1.165, 1.54) is 31.7 Å². The van der Waals surface area contributed by atoms with Crippen LogP contribution in [0.25, 0.3) is 0 Å². The second-order valence-corrected chi connectivity index (χ2v) is 10.3. The van der Waals surface area contributed by atoms with Crippen LogP contribution in [0.1, 0.15) is 67.8 Å². The highest BCUT2D eigenvalue weighted by atomic mass is 19.1. The van der Waals surface area contributed by atoms with Crippen molar-refractivity contribution in [3.8, 4) is 0 Å². The lowest BCUT2D eigenvalue weighted by Crippen LogP contribution is -2.45. The van der Waals surface area contributed by atoms with Crippen molar-refractivity contribution in [2.75, 3.05) is 25.0 Å². The Morgan fingerprint density at radius 1 is 1.00 bits per heavy atom. The molecule has 2 amide bonds. The molecule has 1 saturated heterocycles. The molecule has 2 aliphatic rings. The van der Waals surface area contributed by atoms with Gasteiger partial charge < -0.3 is 15.5 Å². The van der Waals surface area contributed by atoms with Crippen LogP contribution in [0.2, 0.25) is 0 Å². The zero-order chi connectivity index (χ0) is 24.6. The molecule has 2 aromatic rings. The largest absolute Gasteiger partial charge is 0.335 e. The minimum atomic E-state index is -0.191. The van der Waals surface area contributed by atoms with Crippen molar-refractivity contribution in [1.82, 2.24) is 10.2 Å². The number of piperidine rings is 1. The maximum Gasteiger partial charge on any atom is 0.319 e. The van der Waals surface area contributed by atoms with Crippen molar-refractivity contribution in [3.63, 3.8) is 0 Å². The van der Waals surface area contributed by atoms with Crippen molar-refractivity contribution in [2.45, 2.75) is 64.3 Å². The number of Topliss-reactive ketones (excluding diaryl/α,β-unsaturated/α-hetero) is 1. The van der Waals surface area contributed by atoms with Gasteiger partial charge in [0.2, 0.25) is 0 Å². The Balaban J connectivity index is 1.21. The molecule has 188 valence electrons. The lowest BCUT2D eigenvalue weighted by atomic mass is 9.82. The number of benzene rings is 2. The number of carbonyl (C=O) groups is 2. The molecule has 1 aliphatic heterocycles. The van der Waals surface area contributed by atoms with Gasteiger partial charge >= 0.3 is 6.03 Å². The van der Waals surface area contributed by atoms with Crippen molar-refractivity contribution in [3.05, 3.63) is 65.5 Å². The third kappa shape index (κ3) is 7.63. The monoisotopic (exact) mass is 479 g/mol. The first-order chi connectivity index (χ1) is 17.0. The van der Waals surface area contributed by atoms with Crippen LogP contribution < -0.4 is 10.6 Å². The number of nitrogens with one attached hydrogen (secondary N) is 2. The van der Waals surface area contributed by atoms with E-state index in [0.29, 0.717) is 23.1 Å². The summed E-state index contributed by atoms with van der Waals surface area (Å²) in [4.78, 5) is 26.9. The summed E-state index contributed by atoms with van der Waals surface area (Å²) in [6.45, 7) is 4.83. The van der Waals surface area contributed by atoms with Gasteiger partial charge in [-0.05, 0) is 107 Å². The minimum Gasteiger partial charge on any atom is -0.335 e. The van der Waals surface area contributed by atoms with Gasteiger partial charge in [0.05, 0.1) is 0 Å². The Morgan fingerprint density at radius 2 is 1.74 bits per heavy atom. The van der Waals surface area contributed by atoms with E-state index in [2.05, 4.69) is 15.5 Å². The average molecular weight is 480 g/mol. The predicted molar refractivity (Wildman–Crippen MR) is 138 cm³/mol. The molecule has 2 atom stereocenters. The summed E-state index contributed by atoms with van der Waals surface area (Å²) >= 11 is 0. The summed E-state index contributed by atoms with van der Waals surface area (Å²) in [5, 5.41) is 6.12. The summed E-state index contributed by atoms with van der Waals surface area (Å²) in [6.07, 6.45) is 9.06. The summed E-state index contributed by atoms with van der Waals surface area (Å²) in [5.74, 6) is 0.987. The Kier molecular flexibility index (Phi) is 8.91. The SMILES string of the molecule is CC(=O)c1cccc(NC(=O)NC2CCCCC2CCN2CCC(Cc3ccc(F)cc3)CC2)c1. The summed E-state index contributed by atoms with van der Waals surface area (Å²) in [7, 11) is 0. The van der Waals surface area contributed by atoms with Gasteiger partial charge in [0, 0.05) is 17.3 Å². The van der Waals surface area contributed by atoms with Gasteiger partial charge in [-0.1, -0.05) is 37.1 Å². The first-order valence-corrected chi connectivity index (χ1v) is 13.1. The molecule has 1 saturated carbocycles.